The number of hydrogen-bond donors (Lipinski definition) is 0. The van der Waals surface area contributed by atoms with Crippen molar-refractivity contribution >= 4 is 10.1 Å². The van der Waals surface area contributed by atoms with Crippen molar-refractivity contribution in [1.29, 1.82) is 0 Å². The summed E-state index contributed by atoms with van der Waals surface area (Å²) in [6.45, 7) is 2.85. The van der Waals surface area contributed by atoms with E-state index in [1.54, 1.807) is 0 Å². The summed E-state index contributed by atoms with van der Waals surface area (Å²) in [6.07, 6.45) is 12.2. The van der Waals surface area contributed by atoms with E-state index in [4.69, 9.17) is 9.47 Å². The topological polar surface area (TPSA) is 75.7 Å². The predicted molar refractivity (Wildman–Crippen MR) is 85.6 cm³/mol. The fourth-order valence-corrected chi connectivity index (χ4v) is 3.53. The summed E-state index contributed by atoms with van der Waals surface area (Å²) in [6, 6.07) is 0. The third-order valence-electron chi connectivity index (χ3n) is 4.02. The van der Waals surface area contributed by atoms with Crippen molar-refractivity contribution in [3.63, 3.8) is 0 Å². The molecule has 0 aliphatic carbocycles. The van der Waals surface area contributed by atoms with Gasteiger partial charge < -0.3 is 14.0 Å². The normalized spacial score (nSPS) is 21.8. The smallest absolute Gasteiger partial charge is 0.748 e. The van der Waals surface area contributed by atoms with E-state index in [1.807, 2.05) is 0 Å². The Kier molecular flexibility index (Phi) is 14.6. The minimum absolute atomic E-state index is 0. The van der Waals surface area contributed by atoms with Crippen molar-refractivity contribution in [3.8, 4) is 0 Å². The zero-order valence-electron chi connectivity index (χ0n) is 14.8. The molecule has 0 N–H and O–H groups in total. The Labute approximate surface area is 163 Å². The van der Waals surface area contributed by atoms with Crippen molar-refractivity contribution in [2.45, 2.75) is 77.4 Å². The van der Waals surface area contributed by atoms with Crippen molar-refractivity contribution in [2.24, 2.45) is 5.92 Å². The molecule has 0 aromatic rings. The molecule has 1 heterocycles. The molecule has 0 saturated carbocycles. The number of unbranched alkanes of at least 4 members (excludes halogenated alkanes) is 8. The molecule has 1 fully saturated rings. The van der Waals surface area contributed by atoms with Crippen molar-refractivity contribution < 1.29 is 52.0 Å². The van der Waals surface area contributed by atoms with E-state index in [9.17, 15) is 13.0 Å². The average molecular weight is 358 g/mol. The molecule has 0 unspecified atom stereocenters. The van der Waals surface area contributed by atoms with Crippen LogP contribution >= 0.6 is 0 Å². The Morgan fingerprint density at radius 1 is 0.913 bits per heavy atom. The third kappa shape index (κ3) is 13.8. The summed E-state index contributed by atoms with van der Waals surface area (Å²) < 4.78 is 43.0. The van der Waals surface area contributed by atoms with Gasteiger partial charge in [0.1, 0.15) is 0 Å². The molecule has 1 aliphatic rings. The van der Waals surface area contributed by atoms with Gasteiger partial charge >= 0.3 is 29.6 Å². The van der Waals surface area contributed by atoms with E-state index in [0.717, 1.165) is 12.8 Å². The van der Waals surface area contributed by atoms with Crippen LogP contribution in [0.4, 0.5) is 0 Å². The molecule has 0 aromatic carbocycles. The molecule has 0 aromatic heterocycles. The Bertz CT molecular complexity index is 367. The predicted octanol–water partition coefficient (Wildman–Crippen LogP) is 0.446. The quantitative estimate of drug-likeness (QED) is 0.288. The molecule has 1 saturated heterocycles. The summed E-state index contributed by atoms with van der Waals surface area (Å²) in [5.41, 5.74) is 0. The van der Waals surface area contributed by atoms with Gasteiger partial charge in [-0.25, -0.2) is 8.42 Å². The van der Waals surface area contributed by atoms with Gasteiger partial charge in [0.05, 0.1) is 23.3 Å². The molecule has 5 nitrogen and oxygen atoms in total. The monoisotopic (exact) mass is 358 g/mol. The van der Waals surface area contributed by atoms with Gasteiger partial charge in [0.15, 0.2) is 6.29 Å². The van der Waals surface area contributed by atoms with Crippen molar-refractivity contribution in [3.05, 3.63) is 0 Å². The van der Waals surface area contributed by atoms with Gasteiger partial charge in [0.25, 0.3) is 0 Å². The van der Waals surface area contributed by atoms with Crippen LogP contribution < -0.4 is 29.6 Å². The maximum atomic E-state index is 10.7. The summed E-state index contributed by atoms with van der Waals surface area (Å²) in [7, 11) is -4.19. The molecule has 0 radical (unpaired) electrons. The first-order valence-electron chi connectivity index (χ1n) is 8.68. The van der Waals surface area contributed by atoms with Crippen molar-refractivity contribution in [2.75, 3.05) is 19.0 Å². The van der Waals surface area contributed by atoms with Gasteiger partial charge in [-0.1, -0.05) is 58.3 Å². The molecule has 7 heteroatoms. The van der Waals surface area contributed by atoms with Gasteiger partial charge in [0, 0.05) is 11.7 Å². The van der Waals surface area contributed by atoms with E-state index >= 15 is 0 Å². The van der Waals surface area contributed by atoms with Crippen LogP contribution in [0.1, 0.15) is 71.1 Å². The summed E-state index contributed by atoms with van der Waals surface area (Å²) in [4.78, 5) is 0. The minimum Gasteiger partial charge on any atom is -0.748 e. The van der Waals surface area contributed by atoms with Crippen LogP contribution in [0, 0.1) is 5.92 Å². The second-order valence-corrected chi connectivity index (χ2v) is 7.75. The average Bonchev–Trinajstić information content (AvgIpc) is 2.46. The van der Waals surface area contributed by atoms with Crippen LogP contribution in [0.3, 0.4) is 0 Å². The van der Waals surface area contributed by atoms with Crippen LogP contribution in [0.2, 0.25) is 0 Å². The molecule has 0 spiro atoms. The number of ether oxygens (including phenoxy) is 2. The van der Waals surface area contributed by atoms with Gasteiger partial charge in [-0.15, -0.1) is 0 Å². The molecule has 0 atom stereocenters. The Morgan fingerprint density at radius 3 is 1.87 bits per heavy atom. The van der Waals surface area contributed by atoms with Gasteiger partial charge in [-0.3, -0.25) is 0 Å². The van der Waals surface area contributed by atoms with E-state index in [-0.39, 0.29) is 41.8 Å². The van der Waals surface area contributed by atoms with E-state index in [2.05, 4.69) is 6.92 Å². The van der Waals surface area contributed by atoms with Gasteiger partial charge in [0.2, 0.25) is 0 Å². The van der Waals surface area contributed by atoms with Crippen LogP contribution in [0.15, 0.2) is 0 Å². The molecule has 1 aliphatic heterocycles. The zero-order valence-corrected chi connectivity index (χ0v) is 17.6. The fourth-order valence-electron chi connectivity index (χ4n) is 2.76. The summed E-state index contributed by atoms with van der Waals surface area (Å²) >= 11 is 0. The van der Waals surface area contributed by atoms with Gasteiger partial charge in [-0.2, -0.15) is 0 Å². The van der Waals surface area contributed by atoms with Crippen LogP contribution in [-0.4, -0.2) is 38.2 Å². The second-order valence-electron chi connectivity index (χ2n) is 6.30. The summed E-state index contributed by atoms with van der Waals surface area (Å²) in [5, 5.41) is 0. The standard InChI is InChI=1S/C16H32O5S.Na/c1-2-3-4-5-6-7-8-9-10-11-16-20-12-15(13-21-16)14-22(17,18)19;/h15-16H,2-14H2,1H3,(H,17,18,19);/q;+1/p-1. The Hall–Kier alpha value is 0.830. The number of rotatable bonds is 12. The maximum Gasteiger partial charge on any atom is 1.00 e. The fraction of sp³-hybridized carbons (Fsp3) is 1.00. The Morgan fingerprint density at radius 2 is 1.39 bits per heavy atom. The largest absolute Gasteiger partial charge is 1.00 e. The molecular formula is C16H31NaO5S. The first-order chi connectivity index (χ1) is 10.5. The van der Waals surface area contributed by atoms with Crippen LogP contribution in [0.25, 0.3) is 0 Å². The molecule has 0 amide bonds. The molecule has 0 bridgehead atoms. The third-order valence-corrected chi connectivity index (χ3v) is 4.90. The molecule has 132 valence electrons. The van der Waals surface area contributed by atoms with Gasteiger partial charge in [-0.05, 0) is 12.8 Å². The van der Waals surface area contributed by atoms with Crippen LogP contribution in [-0.2, 0) is 19.6 Å². The number of hydrogen-bond acceptors (Lipinski definition) is 5. The zero-order chi connectivity index (χ0) is 16.3. The Balaban J connectivity index is 0.00000484. The van der Waals surface area contributed by atoms with E-state index < -0.39 is 15.9 Å². The van der Waals surface area contributed by atoms with Crippen molar-refractivity contribution in [1.82, 2.24) is 0 Å². The summed E-state index contributed by atoms with van der Waals surface area (Å²) in [5.74, 6) is -0.709. The first-order valence-corrected chi connectivity index (χ1v) is 10.3. The molecule has 23 heavy (non-hydrogen) atoms. The van der Waals surface area contributed by atoms with E-state index in [1.165, 1.54) is 51.4 Å². The first kappa shape index (κ1) is 23.8. The van der Waals surface area contributed by atoms with E-state index in [0.29, 0.717) is 13.2 Å². The minimum atomic E-state index is -4.19. The SMILES string of the molecule is CCCCCCCCCCCC1OCC(CS(=O)(=O)[O-])CO1.[Na+]. The maximum absolute atomic E-state index is 10.7. The molecule has 1 rings (SSSR count). The van der Waals surface area contributed by atoms with Crippen LogP contribution in [0.5, 0.6) is 0 Å². The molecular weight excluding hydrogens is 327 g/mol. The second kappa shape index (κ2) is 14.0.